The average molecular weight is 246 g/mol. The van der Waals surface area contributed by atoms with Gasteiger partial charge in [-0.1, -0.05) is 23.7 Å². The molecule has 1 aromatic carbocycles. The van der Waals surface area contributed by atoms with Crippen LogP contribution in [0.3, 0.4) is 0 Å². The van der Waals surface area contributed by atoms with Gasteiger partial charge in [0, 0.05) is 5.56 Å². The summed E-state index contributed by atoms with van der Waals surface area (Å²) >= 11 is 1.44. The molecule has 0 fully saturated rings. The molecule has 0 bridgehead atoms. The molecule has 0 unspecified atom stereocenters. The maximum absolute atomic E-state index is 12.1. The molecule has 2 aromatic heterocycles. The summed E-state index contributed by atoms with van der Waals surface area (Å²) in [6, 6.07) is 7.57. The van der Waals surface area contributed by atoms with Crippen LogP contribution in [0.4, 0.5) is 5.82 Å². The molecule has 3 rings (SSSR count). The minimum absolute atomic E-state index is 0.0196. The van der Waals surface area contributed by atoms with E-state index in [-0.39, 0.29) is 5.56 Å². The number of benzene rings is 1. The van der Waals surface area contributed by atoms with Crippen LogP contribution in [0.1, 0.15) is 5.56 Å². The van der Waals surface area contributed by atoms with Gasteiger partial charge in [-0.2, -0.15) is 5.10 Å². The molecule has 3 N–H and O–H groups in total. The fraction of sp³-hybridized carbons (Fsp3) is 0.0909. The highest BCUT2D eigenvalue weighted by atomic mass is 32.1. The van der Waals surface area contributed by atoms with Gasteiger partial charge in [0.25, 0.3) is 5.56 Å². The zero-order chi connectivity index (χ0) is 11.8. The van der Waals surface area contributed by atoms with Gasteiger partial charge >= 0.3 is 0 Å². The Hall–Kier alpha value is -2.08. The van der Waals surface area contributed by atoms with Gasteiger partial charge in [0.05, 0.1) is 22.8 Å². The molecule has 0 amide bonds. The summed E-state index contributed by atoms with van der Waals surface area (Å²) in [7, 11) is 0. The van der Waals surface area contributed by atoms with E-state index in [4.69, 9.17) is 5.73 Å². The Bertz CT molecular complexity index is 724. The van der Waals surface area contributed by atoms with E-state index in [0.29, 0.717) is 12.4 Å². The van der Waals surface area contributed by atoms with Crippen LogP contribution < -0.4 is 11.3 Å². The summed E-state index contributed by atoms with van der Waals surface area (Å²) < 4.78 is 2.67. The Morgan fingerprint density at radius 3 is 2.94 bits per heavy atom. The van der Waals surface area contributed by atoms with E-state index in [0.717, 1.165) is 15.6 Å². The van der Waals surface area contributed by atoms with Crippen molar-refractivity contribution in [3.05, 3.63) is 46.4 Å². The molecule has 0 atom stereocenters. The number of aromatic nitrogens is 3. The summed E-state index contributed by atoms with van der Waals surface area (Å²) in [6.45, 7) is 0.459. The van der Waals surface area contributed by atoms with Crippen molar-refractivity contribution in [2.75, 3.05) is 5.73 Å². The van der Waals surface area contributed by atoms with Crippen molar-refractivity contribution < 1.29 is 0 Å². The van der Waals surface area contributed by atoms with E-state index in [9.17, 15) is 4.79 Å². The third-order valence-electron chi connectivity index (χ3n) is 2.62. The summed E-state index contributed by atoms with van der Waals surface area (Å²) in [5, 5.41) is 7.25. The molecule has 6 heteroatoms. The monoisotopic (exact) mass is 246 g/mol. The second kappa shape index (κ2) is 3.74. The first-order valence-electron chi connectivity index (χ1n) is 5.12. The molecule has 2 heterocycles. The lowest BCUT2D eigenvalue weighted by molar-refractivity contribution is 0.857. The fourth-order valence-electron chi connectivity index (χ4n) is 1.72. The molecule has 17 heavy (non-hydrogen) atoms. The van der Waals surface area contributed by atoms with Crippen LogP contribution in [0.15, 0.2) is 35.3 Å². The van der Waals surface area contributed by atoms with Crippen LogP contribution in [-0.4, -0.2) is 14.2 Å². The number of H-pyrrole nitrogens is 1. The van der Waals surface area contributed by atoms with E-state index < -0.39 is 0 Å². The molecule has 0 spiro atoms. The van der Waals surface area contributed by atoms with Crippen molar-refractivity contribution in [3.8, 4) is 0 Å². The van der Waals surface area contributed by atoms with Crippen LogP contribution in [0.2, 0.25) is 0 Å². The first-order chi connectivity index (χ1) is 8.25. The number of hydrogen-bond donors (Lipinski definition) is 2. The van der Waals surface area contributed by atoms with Gasteiger partial charge in [-0.3, -0.25) is 13.8 Å². The third-order valence-corrected chi connectivity index (χ3v) is 3.69. The zero-order valence-corrected chi connectivity index (χ0v) is 9.70. The number of nitrogens with one attached hydrogen (secondary N) is 1. The lowest BCUT2D eigenvalue weighted by atomic mass is 10.3. The number of anilines is 1. The SMILES string of the molecule is Nc1[nH]ncc1Cn1sc2ccccc2c1=O. The molecule has 0 aliphatic rings. The van der Waals surface area contributed by atoms with Crippen molar-refractivity contribution in [2.45, 2.75) is 6.54 Å². The van der Waals surface area contributed by atoms with Crippen LogP contribution >= 0.6 is 11.5 Å². The van der Waals surface area contributed by atoms with Crippen LogP contribution in [0, 0.1) is 0 Å². The smallest absolute Gasteiger partial charge is 0.268 e. The minimum Gasteiger partial charge on any atom is -0.384 e. The van der Waals surface area contributed by atoms with Crippen molar-refractivity contribution >= 4 is 27.4 Å². The van der Waals surface area contributed by atoms with E-state index in [1.165, 1.54) is 11.5 Å². The maximum atomic E-state index is 12.1. The predicted octanol–water partition coefficient (Wildman–Crippen LogP) is 1.42. The van der Waals surface area contributed by atoms with Crippen molar-refractivity contribution in [1.82, 2.24) is 14.2 Å². The third kappa shape index (κ3) is 1.62. The quantitative estimate of drug-likeness (QED) is 0.718. The predicted molar refractivity (Wildman–Crippen MR) is 68.2 cm³/mol. The Labute approximate surface area is 101 Å². The number of nitrogens with zero attached hydrogens (tertiary/aromatic N) is 2. The maximum Gasteiger partial charge on any atom is 0.268 e. The average Bonchev–Trinajstić information content (AvgIpc) is 2.87. The van der Waals surface area contributed by atoms with Gasteiger partial charge in [0.15, 0.2) is 0 Å². The number of nitrogens with two attached hydrogens (primary N) is 1. The zero-order valence-electron chi connectivity index (χ0n) is 8.88. The molecule has 86 valence electrons. The second-order valence-electron chi connectivity index (χ2n) is 3.74. The summed E-state index contributed by atoms with van der Waals surface area (Å²) in [4.78, 5) is 12.1. The molecule has 0 aliphatic heterocycles. The van der Waals surface area contributed by atoms with Crippen molar-refractivity contribution in [3.63, 3.8) is 0 Å². The summed E-state index contributed by atoms with van der Waals surface area (Å²) in [5.41, 5.74) is 6.56. The normalized spacial score (nSPS) is 11.1. The van der Waals surface area contributed by atoms with Crippen LogP contribution in [0.5, 0.6) is 0 Å². The Balaban J connectivity index is 2.10. The number of fused-ring (bicyclic) bond motifs is 1. The fourth-order valence-corrected chi connectivity index (χ4v) is 2.74. The molecule has 5 nitrogen and oxygen atoms in total. The van der Waals surface area contributed by atoms with Gasteiger partial charge < -0.3 is 5.73 Å². The number of nitrogen functional groups attached to an aromatic ring is 1. The molecule has 0 aliphatic carbocycles. The van der Waals surface area contributed by atoms with Gasteiger partial charge in [-0.05, 0) is 12.1 Å². The molecular formula is C11H10N4OS. The van der Waals surface area contributed by atoms with Crippen LogP contribution in [0.25, 0.3) is 10.1 Å². The Morgan fingerprint density at radius 2 is 2.24 bits per heavy atom. The largest absolute Gasteiger partial charge is 0.384 e. The van der Waals surface area contributed by atoms with Crippen molar-refractivity contribution in [2.24, 2.45) is 0 Å². The van der Waals surface area contributed by atoms with E-state index in [1.54, 1.807) is 10.2 Å². The van der Waals surface area contributed by atoms with Crippen LogP contribution in [-0.2, 0) is 6.54 Å². The summed E-state index contributed by atoms with van der Waals surface area (Å²) in [6.07, 6.45) is 1.64. The number of aromatic amines is 1. The standard InChI is InChI=1S/C11H10N4OS/c12-10-7(5-13-14-10)6-15-11(16)8-3-1-2-4-9(8)17-15/h1-5H,6H2,(H3,12,13,14). The van der Waals surface area contributed by atoms with Gasteiger partial charge in [0.1, 0.15) is 5.82 Å². The number of rotatable bonds is 2. The second-order valence-corrected chi connectivity index (χ2v) is 4.80. The highest BCUT2D eigenvalue weighted by Gasteiger charge is 2.09. The Morgan fingerprint density at radius 1 is 1.41 bits per heavy atom. The molecule has 0 saturated heterocycles. The highest BCUT2D eigenvalue weighted by Crippen LogP contribution is 2.17. The van der Waals surface area contributed by atoms with Gasteiger partial charge in [0.2, 0.25) is 0 Å². The van der Waals surface area contributed by atoms with Crippen molar-refractivity contribution in [1.29, 1.82) is 0 Å². The van der Waals surface area contributed by atoms with E-state index in [2.05, 4.69) is 10.2 Å². The molecule has 0 saturated carbocycles. The topological polar surface area (TPSA) is 76.7 Å². The highest BCUT2D eigenvalue weighted by molar-refractivity contribution is 7.13. The number of hydrogen-bond acceptors (Lipinski definition) is 4. The Kier molecular flexibility index (Phi) is 2.22. The van der Waals surface area contributed by atoms with Gasteiger partial charge in [-0.25, -0.2) is 0 Å². The lowest BCUT2D eigenvalue weighted by Crippen LogP contribution is -2.13. The van der Waals surface area contributed by atoms with E-state index in [1.807, 2.05) is 24.3 Å². The molecular weight excluding hydrogens is 236 g/mol. The van der Waals surface area contributed by atoms with E-state index >= 15 is 0 Å². The molecule has 0 radical (unpaired) electrons. The molecule has 3 aromatic rings. The first kappa shape index (κ1) is 10.1. The first-order valence-corrected chi connectivity index (χ1v) is 5.89. The minimum atomic E-state index is 0.0196. The van der Waals surface area contributed by atoms with Gasteiger partial charge in [-0.15, -0.1) is 0 Å². The lowest BCUT2D eigenvalue weighted by Gasteiger charge is -1.97. The summed E-state index contributed by atoms with van der Waals surface area (Å²) in [5.74, 6) is 0.509.